The summed E-state index contributed by atoms with van der Waals surface area (Å²) in [7, 11) is 0. The molecule has 0 saturated heterocycles. The number of hydrogen-bond donors (Lipinski definition) is 3. The van der Waals surface area contributed by atoms with Gasteiger partial charge in [-0.3, -0.25) is 0 Å². The average Bonchev–Trinajstić information content (AvgIpc) is 2.91. The molecular weight excluding hydrogens is 295 g/mol. The SMILES string of the molecule is Oc1c(Cl)cc(NCc2cccc3[nH]ccc23)cc1Cl. The topological polar surface area (TPSA) is 48.0 Å². The maximum atomic E-state index is 9.53. The smallest absolute Gasteiger partial charge is 0.152 e. The summed E-state index contributed by atoms with van der Waals surface area (Å²) in [5.74, 6) is -0.0911. The van der Waals surface area contributed by atoms with E-state index in [4.69, 9.17) is 23.2 Å². The highest BCUT2D eigenvalue weighted by molar-refractivity contribution is 6.37. The van der Waals surface area contributed by atoms with Crippen LogP contribution in [0.1, 0.15) is 5.56 Å². The summed E-state index contributed by atoms with van der Waals surface area (Å²) < 4.78 is 0. The van der Waals surface area contributed by atoms with E-state index in [1.807, 2.05) is 24.4 Å². The Morgan fingerprint density at radius 2 is 1.85 bits per heavy atom. The van der Waals surface area contributed by atoms with Gasteiger partial charge in [-0.05, 0) is 29.8 Å². The van der Waals surface area contributed by atoms with Crippen LogP contribution in [-0.4, -0.2) is 10.1 Å². The van der Waals surface area contributed by atoms with Crippen LogP contribution in [0.4, 0.5) is 5.69 Å². The Kier molecular flexibility index (Phi) is 3.47. The number of aromatic hydroxyl groups is 1. The van der Waals surface area contributed by atoms with E-state index < -0.39 is 0 Å². The van der Waals surface area contributed by atoms with Gasteiger partial charge in [0.1, 0.15) is 0 Å². The number of nitrogens with one attached hydrogen (secondary N) is 2. The first kappa shape index (κ1) is 13.2. The summed E-state index contributed by atoms with van der Waals surface area (Å²) in [5, 5.41) is 14.4. The molecule has 0 aliphatic rings. The minimum absolute atomic E-state index is 0.0911. The van der Waals surface area contributed by atoms with Crippen molar-refractivity contribution in [3.05, 3.63) is 58.2 Å². The normalized spacial score (nSPS) is 10.9. The number of benzene rings is 2. The molecule has 1 aromatic heterocycles. The Labute approximate surface area is 126 Å². The van der Waals surface area contributed by atoms with Gasteiger partial charge in [0.15, 0.2) is 5.75 Å². The van der Waals surface area contributed by atoms with Crippen LogP contribution < -0.4 is 5.32 Å². The van der Waals surface area contributed by atoms with Gasteiger partial charge in [0.05, 0.1) is 10.0 Å². The number of H-pyrrole nitrogens is 1. The van der Waals surface area contributed by atoms with Gasteiger partial charge < -0.3 is 15.4 Å². The van der Waals surface area contributed by atoms with Crippen molar-refractivity contribution >= 4 is 39.8 Å². The summed E-state index contributed by atoms with van der Waals surface area (Å²) in [5.41, 5.74) is 3.04. The molecule has 0 saturated carbocycles. The maximum absolute atomic E-state index is 9.53. The largest absolute Gasteiger partial charge is 0.505 e. The van der Waals surface area contributed by atoms with E-state index in [1.165, 1.54) is 10.9 Å². The fourth-order valence-corrected chi connectivity index (χ4v) is 2.66. The van der Waals surface area contributed by atoms with Crippen LogP contribution in [0.15, 0.2) is 42.6 Å². The second-order valence-corrected chi connectivity index (χ2v) is 5.31. The summed E-state index contributed by atoms with van der Waals surface area (Å²) in [4.78, 5) is 3.18. The summed E-state index contributed by atoms with van der Waals surface area (Å²) in [6.45, 7) is 0.645. The monoisotopic (exact) mass is 306 g/mol. The molecule has 0 aliphatic heterocycles. The molecule has 0 radical (unpaired) electrons. The number of aromatic amines is 1. The molecule has 0 aliphatic carbocycles. The number of halogens is 2. The van der Waals surface area contributed by atoms with Crippen LogP contribution in [0.2, 0.25) is 10.0 Å². The molecule has 102 valence electrons. The third-order valence-corrected chi connectivity index (χ3v) is 3.76. The molecule has 0 atom stereocenters. The molecule has 0 amide bonds. The van der Waals surface area contributed by atoms with Gasteiger partial charge in [0, 0.05) is 29.3 Å². The molecule has 20 heavy (non-hydrogen) atoms. The van der Waals surface area contributed by atoms with Gasteiger partial charge >= 0.3 is 0 Å². The van der Waals surface area contributed by atoms with Crippen molar-refractivity contribution in [1.29, 1.82) is 0 Å². The number of anilines is 1. The fourth-order valence-electron chi connectivity index (χ4n) is 2.17. The molecule has 0 unspecified atom stereocenters. The highest BCUT2D eigenvalue weighted by Gasteiger charge is 2.07. The second-order valence-electron chi connectivity index (χ2n) is 4.50. The van der Waals surface area contributed by atoms with Crippen molar-refractivity contribution in [3.8, 4) is 5.75 Å². The number of rotatable bonds is 3. The van der Waals surface area contributed by atoms with Crippen molar-refractivity contribution in [2.45, 2.75) is 6.54 Å². The van der Waals surface area contributed by atoms with Crippen LogP contribution in [0.5, 0.6) is 5.75 Å². The molecule has 1 heterocycles. The summed E-state index contributed by atoms with van der Waals surface area (Å²) >= 11 is 11.8. The zero-order valence-corrected chi connectivity index (χ0v) is 12.0. The third kappa shape index (κ3) is 2.42. The molecule has 0 bridgehead atoms. The van der Waals surface area contributed by atoms with Gasteiger partial charge in [0.25, 0.3) is 0 Å². The van der Waals surface area contributed by atoms with E-state index in [0.29, 0.717) is 6.54 Å². The van der Waals surface area contributed by atoms with Gasteiger partial charge in [-0.15, -0.1) is 0 Å². The predicted octanol–water partition coefficient (Wildman–Crippen LogP) is 4.79. The molecule has 3 aromatic rings. The molecule has 0 fully saturated rings. The Bertz CT molecular complexity index is 744. The lowest BCUT2D eigenvalue weighted by Crippen LogP contribution is -1.99. The van der Waals surface area contributed by atoms with E-state index in [1.54, 1.807) is 12.1 Å². The Morgan fingerprint density at radius 3 is 2.60 bits per heavy atom. The van der Waals surface area contributed by atoms with Crippen molar-refractivity contribution in [3.63, 3.8) is 0 Å². The molecule has 5 heteroatoms. The third-order valence-electron chi connectivity index (χ3n) is 3.19. The molecule has 2 aromatic carbocycles. The lowest BCUT2D eigenvalue weighted by atomic mass is 10.1. The van der Waals surface area contributed by atoms with Crippen LogP contribution >= 0.6 is 23.2 Å². The molecular formula is C15H12Cl2N2O. The average molecular weight is 307 g/mol. The van der Waals surface area contributed by atoms with Crippen molar-refractivity contribution in [1.82, 2.24) is 4.98 Å². The van der Waals surface area contributed by atoms with E-state index in [2.05, 4.69) is 16.4 Å². The first-order valence-electron chi connectivity index (χ1n) is 6.12. The van der Waals surface area contributed by atoms with E-state index in [9.17, 15) is 5.11 Å². The number of aromatic nitrogens is 1. The lowest BCUT2D eigenvalue weighted by molar-refractivity contribution is 0.476. The van der Waals surface area contributed by atoms with Crippen LogP contribution in [0.3, 0.4) is 0 Å². The first-order chi connectivity index (χ1) is 9.65. The molecule has 3 rings (SSSR count). The van der Waals surface area contributed by atoms with Crippen molar-refractivity contribution in [2.24, 2.45) is 0 Å². The maximum Gasteiger partial charge on any atom is 0.152 e. The van der Waals surface area contributed by atoms with E-state index >= 15 is 0 Å². The van der Waals surface area contributed by atoms with Gasteiger partial charge in [-0.1, -0.05) is 35.3 Å². The van der Waals surface area contributed by atoms with Gasteiger partial charge in [0.2, 0.25) is 0 Å². The first-order valence-corrected chi connectivity index (χ1v) is 6.87. The number of phenolic OH excluding ortho intramolecular Hbond substituents is 1. The van der Waals surface area contributed by atoms with Crippen LogP contribution in [-0.2, 0) is 6.54 Å². The Morgan fingerprint density at radius 1 is 1.10 bits per heavy atom. The number of fused-ring (bicyclic) bond motifs is 1. The van der Waals surface area contributed by atoms with E-state index in [0.717, 1.165) is 11.2 Å². The molecule has 3 N–H and O–H groups in total. The standard InChI is InChI=1S/C15H12Cl2N2O/c16-12-6-10(7-13(17)15(12)20)19-8-9-2-1-3-14-11(9)4-5-18-14/h1-7,18-20H,8H2. The van der Waals surface area contributed by atoms with Gasteiger partial charge in [-0.2, -0.15) is 0 Å². The van der Waals surface area contributed by atoms with Crippen molar-refractivity contribution < 1.29 is 5.11 Å². The molecule has 0 spiro atoms. The summed E-state index contributed by atoms with van der Waals surface area (Å²) in [6.07, 6.45) is 1.92. The number of hydrogen-bond acceptors (Lipinski definition) is 2. The predicted molar refractivity (Wildman–Crippen MR) is 83.8 cm³/mol. The Hall–Kier alpha value is -1.84. The highest BCUT2D eigenvalue weighted by Crippen LogP contribution is 2.34. The quantitative estimate of drug-likeness (QED) is 0.609. The zero-order chi connectivity index (χ0) is 14.1. The minimum atomic E-state index is -0.0911. The van der Waals surface area contributed by atoms with Gasteiger partial charge in [-0.25, -0.2) is 0 Å². The lowest BCUT2D eigenvalue weighted by Gasteiger charge is -2.10. The van der Waals surface area contributed by atoms with Crippen LogP contribution in [0, 0.1) is 0 Å². The minimum Gasteiger partial charge on any atom is -0.505 e. The number of phenols is 1. The summed E-state index contributed by atoms with van der Waals surface area (Å²) in [6, 6.07) is 11.5. The van der Waals surface area contributed by atoms with Crippen molar-refractivity contribution in [2.75, 3.05) is 5.32 Å². The second kappa shape index (κ2) is 5.27. The fraction of sp³-hybridized carbons (Fsp3) is 0.0667. The Balaban J connectivity index is 1.85. The molecule has 3 nitrogen and oxygen atoms in total. The van der Waals surface area contributed by atoms with E-state index in [-0.39, 0.29) is 15.8 Å². The highest BCUT2D eigenvalue weighted by atomic mass is 35.5. The van der Waals surface area contributed by atoms with Crippen LogP contribution in [0.25, 0.3) is 10.9 Å². The zero-order valence-electron chi connectivity index (χ0n) is 10.5.